The van der Waals surface area contributed by atoms with Crippen molar-refractivity contribution in [3.8, 4) is 34.1 Å². The maximum Gasteiger partial charge on any atom is 0.343 e. The third-order valence-corrected chi connectivity index (χ3v) is 6.39. The number of benzene rings is 4. The third-order valence-electron chi connectivity index (χ3n) is 6.39. The Labute approximate surface area is 214 Å². The van der Waals surface area contributed by atoms with E-state index in [9.17, 15) is 4.79 Å². The van der Waals surface area contributed by atoms with E-state index in [2.05, 4.69) is 37.3 Å². The molecule has 0 radical (unpaired) electrons. The Kier molecular flexibility index (Phi) is 8.67. The smallest absolute Gasteiger partial charge is 0.343 e. The van der Waals surface area contributed by atoms with E-state index in [0.29, 0.717) is 16.9 Å². The zero-order valence-corrected chi connectivity index (χ0v) is 20.7. The fraction of sp³-hybridized carbons (Fsp3) is 0.212. The highest BCUT2D eigenvalue weighted by Crippen LogP contribution is 2.25. The average molecular weight is 474 g/mol. The van der Waals surface area contributed by atoms with Crippen LogP contribution in [-0.4, -0.2) is 5.97 Å². The summed E-state index contributed by atoms with van der Waals surface area (Å²) >= 11 is 0. The number of unbranched alkanes of at least 4 members (excludes halogenated alkanes) is 4. The molecule has 3 nitrogen and oxygen atoms in total. The molecule has 0 N–H and O–H groups in total. The van der Waals surface area contributed by atoms with Crippen molar-refractivity contribution in [2.45, 2.75) is 45.4 Å². The van der Waals surface area contributed by atoms with Crippen LogP contribution in [0.4, 0.5) is 0 Å². The Balaban J connectivity index is 1.32. The van der Waals surface area contributed by atoms with Crippen molar-refractivity contribution in [2.75, 3.05) is 0 Å². The Morgan fingerprint density at radius 3 is 1.72 bits per heavy atom. The van der Waals surface area contributed by atoms with Crippen LogP contribution in [0.3, 0.4) is 0 Å². The number of nitriles is 1. The second-order valence-electron chi connectivity index (χ2n) is 9.04. The second-order valence-corrected chi connectivity index (χ2v) is 9.04. The molecule has 0 aliphatic rings. The van der Waals surface area contributed by atoms with E-state index in [-0.39, 0.29) is 5.97 Å². The molecule has 0 aliphatic carbocycles. The zero-order chi connectivity index (χ0) is 25.2. The van der Waals surface area contributed by atoms with Crippen LogP contribution < -0.4 is 4.74 Å². The minimum Gasteiger partial charge on any atom is -0.423 e. The van der Waals surface area contributed by atoms with Gasteiger partial charge in [-0.1, -0.05) is 93.3 Å². The maximum atomic E-state index is 12.6. The Bertz CT molecular complexity index is 1300. The van der Waals surface area contributed by atoms with E-state index in [4.69, 9.17) is 10.00 Å². The van der Waals surface area contributed by atoms with Gasteiger partial charge in [0.2, 0.25) is 0 Å². The molecule has 4 rings (SSSR count). The number of esters is 1. The maximum absolute atomic E-state index is 12.6. The number of hydrogen-bond acceptors (Lipinski definition) is 3. The molecule has 0 saturated heterocycles. The van der Waals surface area contributed by atoms with E-state index < -0.39 is 0 Å². The first kappa shape index (κ1) is 24.9. The number of rotatable bonds is 10. The van der Waals surface area contributed by atoms with Crippen LogP contribution >= 0.6 is 0 Å². The normalized spacial score (nSPS) is 10.6. The minimum absolute atomic E-state index is 0.383. The standard InChI is InChI=1S/C33H31NO2/c1-2-3-4-5-6-7-25-8-12-27(13-9-25)29-16-18-31(19-17-29)33(35)36-32-22-20-30(21-23-32)28-14-10-26(24-34)11-15-28/h8-23H,2-7H2,1H3. The van der Waals surface area contributed by atoms with Crippen LogP contribution in [0.15, 0.2) is 97.1 Å². The number of ether oxygens (including phenoxy) is 1. The first-order valence-electron chi connectivity index (χ1n) is 12.7. The Hall–Kier alpha value is -4.16. The molecule has 180 valence electrons. The van der Waals surface area contributed by atoms with Crippen molar-refractivity contribution < 1.29 is 9.53 Å². The molecule has 0 spiro atoms. The number of carbonyl (C=O) groups excluding carboxylic acids is 1. The Morgan fingerprint density at radius 2 is 1.17 bits per heavy atom. The van der Waals surface area contributed by atoms with Gasteiger partial charge in [-0.25, -0.2) is 4.79 Å². The highest BCUT2D eigenvalue weighted by Gasteiger charge is 2.10. The summed E-state index contributed by atoms with van der Waals surface area (Å²) < 4.78 is 5.57. The van der Waals surface area contributed by atoms with Gasteiger partial charge in [0.1, 0.15) is 5.75 Å². The highest BCUT2D eigenvalue weighted by atomic mass is 16.5. The fourth-order valence-corrected chi connectivity index (χ4v) is 4.21. The van der Waals surface area contributed by atoms with Crippen molar-refractivity contribution in [3.05, 3.63) is 114 Å². The summed E-state index contributed by atoms with van der Waals surface area (Å²) in [6.45, 7) is 2.24. The number of nitrogens with zero attached hydrogens (tertiary/aromatic N) is 1. The van der Waals surface area contributed by atoms with Crippen molar-refractivity contribution in [2.24, 2.45) is 0 Å². The first-order valence-corrected chi connectivity index (χ1v) is 12.7. The molecule has 0 heterocycles. The Morgan fingerprint density at radius 1 is 0.667 bits per heavy atom. The lowest BCUT2D eigenvalue weighted by molar-refractivity contribution is 0.0735. The monoisotopic (exact) mass is 473 g/mol. The van der Waals surface area contributed by atoms with E-state index >= 15 is 0 Å². The van der Waals surface area contributed by atoms with Gasteiger partial charge < -0.3 is 4.74 Å². The van der Waals surface area contributed by atoms with Gasteiger partial charge in [0.05, 0.1) is 17.2 Å². The second kappa shape index (κ2) is 12.5. The van der Waals surface area contributed by atoms with Gasteiger partial charge in [-0.3, -0.25) is 0 Å². The summed E-state index contributed by atoms with van der Waals surface area (Å²) in [5.74, 6) is 0.109. The zero-order valence-electron chi connectivity index (χ0n) is 20.7. The predicted octanol–water partition coefficient (Wildman–Crippen LogP) is 8.62. The molecule has 4 aromatic rings. The lowest BCUT2D eigenvalue weighted by atomic mass is 10.00. The molecule has 0 atom stereocenters. The molecule has 0 aliphatic heterocycles. The predicted molar refractivity (Wildman–Crippen MR) is 146 cm³/mol. The molecule has 0 saturated carbocycles. The summed E-state index contributed by atoms with van der Waals surface area (Å²) in [5, 5.41) is 8.94. The number of hydrogen-bond donors (Lipinski definition) is 0. The van der Waals surface area contributed by atoms with Crippen molar-refractivity contribution in [1.82, 2.24) is 0 Å². The molecule has 0 unspecified atom stereocenters. The van der Waals surface area contributed by atoms with E-state index in [1.165, 1.54) is 37.7 Å². The largest absolute Gasteiger partial charge is 0.423 e. The molecule has 0 amide bonds. The van der Waals surface area contributed by atoms with Crippen LogP contribution in [0.2, 0.25) is 0 Å². The minimum atomic E-state index is -0.383. The van der Waals surface area contributed by atoms with Crippen molar-refractivity contribution >= 4 is 5.97 Å². The van der Waals surface area contributed by atoms with Crippen molar-refractivity contribution in [1.29, 1.82) is 5.26 Å². The molecule has 0 fully saturated rings. The molecule has 36 heavy (non-hydrogen) atoms. The van der Waals surface area contributed by atoms with Crippen LogP contribution in [0.5, 0.6) is 5.75 Å². The van der Waals surface area contributed by atoms with E-state index in [1.54, 1.807) is 24.3 Å². The van der Waals surface area contributed by atoms with Gasteiger partial charge in [-0.15, -0.1) is 0 Å². The van der Waals surface area contributed by atoms with Gasteiger partial charge in [-0.05, 0) is 77.1 Å². The quantitative estimate of drug-likeness (QED) is 0.132. The number of aryl methyl sites for hydroxylation is 1. The topological polar surface area (TPSA) is 50.1 Å². The summed E-state index contributed by atoms with van der Waals surface area (Å²) in [6.07, 6.45) is 7.60. The fourth-order valence-electron chi connectivity index (χ4n) is 4.21. The molecular formula is C33H31NO2. The van der Waals surface area contributed by atoms with E-state index in [0.717, 1.165) is 28.7 Å². The first-order chi connectivity index (χ1) is 17.7. The van der Waals surface area contributed by atoms with Gasteiger partial charge in [0, 0.05) is 0 Å². The average Bonchev–Trinajstić information content (AvgIpc) is 2.94. The third kappa shape index (κ3) is 6.71. The SMILES string of the molecule is CCCCCCCc1ccc(-c2ccc(C(=O)Oc3ccc(-c4ccc(C#N)cc4)cc3)cc2)cc1. The molecule has 3 heteroatoms. The van der Waals surface area contributed by atoms with Crippen LogP contribution in [0.25, 0.3) is 22.3 Å². The lowest BCUT2D eigenvalue weighted by Crippen LogP contribution is -2.08. The molecule has 4 aromatic carbocycles. The molecule has 0 aromatic heterocycles. The van der Waals surface area contributed by atoms with Gasteiger partial charge in [0.15, 0.2) is 0 Å². The van der Waals surface area contributed by atoms with Crippen LogP contribution in [-0.2, 0) is 6.42 Å². The van der Waals surface area contributed by atoms with Gasteiger partial charge >= 0.3 is 5.97 Å². The summed E-state index contributed by atoms with van der Waals surface area (Å²) in [5.41, 5.74) is 6.73. The lowest BCUT2D eigenvalue weighted by Gasteiger charge is -2.08. The van der Waals surface area contributed by atoms with Gasteiger partial charge in [0.25, 0.3) is 0 Å². The van der Waals surface area contributed by atoms with Crippen LogP contribution in [0.1, 0.15) is 60.5 Å². The van der Waals surface area contributed by atoms with E-state index in [1.807, 2.05) is 48.5 Å². The summed E-state index contributed by atoms with van der Waals surface area (Å²) in [7, 11) is 0. The summed E-state index contributed by atoms with van der Waals surface area (Å²) in [6, 6.07) is 33.2. The molecular weight excluding hydrogens is 442 g/mol. The number of carbonyl (C=O) groups is 1. The summed E-state index contributed by atoms with van der Waals surface area (Å²) in [4.78, 5) is 12.6. The van der Waals surface area contributed by atoms with Gasteiger partial charge in [-0.2, -0.15) is 5.26 Å². The van der Waals surface area contributed by atoms with Crippen LogP contribution in [0, 0.1) is 11.3 Å². The highest BCUT2D eigenvalue weighted by molar-refractivity contribution is 5.91. The van der Waals surface area contributed by atoms with Crippen molar-refractivity contribution in [3.63, 3.8) is 0 Å². The molecule has 0 bridgehead atoms.